The average Bonchev–Trinajstić information content (AvgIpc) is 3.28. The van der Waals surface area contributed by atoms with E-state index in [0.717, 1.165) is 12.8 Å². The highest BCUT2D eigenvalue weighted by molar-refractivity contribution is 7.89. The van der Waals surface area contributed by atoms with Gasteiger partial charge >= 0.3 is 11.9 Å². The van der Waals surface area contributed by atoms with Gasteiger partial charge in [0.15, 0.2) is 5.75 Å². The summed E-state index contributed by atoms with van der Waals surface area (Å²) in [7, 11) is -3.89. The van der Waals surface area contributed by atoms with E-state index in [1.165, 1.54) is 34.6 Å². The minimum absolute atomic E-state index is 0.00215. The zero-order valence-electron chi connectivity index (χ0n) is 16.9. The molecule has 0 aromatic heterocycles. The largest absolute Gasteiger partial charge is 0.507 e. The molecule has 1 heterocycles. The monoisotopic (exact) mass is 502 g/mol. The number of hydrogen-bond acceptors (Lipinski definition) is 7. The number of sulfonamides is 1. The number of rotatable bonds is 6. The van der Waals surface area contributed by atoms with Gasteiger partial charge in [0.25, 0.3) is 0 Å². The molecule has 2 aromatic rings. The summed E-state index contributed by atoms with van der Waals surface area (Å²) in [5.74, 6) is -2.39. The van der Waals surface area contributed by atoms with Gasteiger partial charge < -0.3 is 19.9 Å². The van der Waals surface area contributed by atoms with Gasteiger partial charge in [0.05, 0.1) is 16.7 Å². The smallest absolute Gasteiger partial charge is 0.397 e. The van der Waals surface area contributed by atoms with Gasteiger partial charge in [-0.2, -0.15) is 4.31 Å². The number of nitrogens with one attached hydrogen (secondary N) is 1. The molecule has 1 aliphatic rings. The second kappa shape index (κ2) is 9.95. The molecule has 3 rings (SSSR count). The second-order valence-corrected chi connectivity index (χ2v) is 9.51. The van der Waals surface area contributed by atoms with Crippen molar-refractivity contribution < 1.29 is 32.6 Å². The summed E-state index contributed by atoms with van der Waals surface area (Å²) < 4.78 is 37.2. The summed E-state index contributed by atoms with van der Waals surface area (Å²) in [6, 6.07) is 6.37. The normalized spacial score (nSPS) is 14.2. The molecule has 0 bridgehead atoms. The zero-order chi connectivity index (χ0) is 23.5. The number of hydrogen-bond donors (Lipinski definition) is 2. The van der Waals surface area contributed by atoms with Crippen molar-refractivity contribution in [2.24, 2.45) is 0 Å². The number of phenolic OH excluding ortho intramolecular Hbond substituents is 1. The van der Waals surface area contributed by atoms with Gasteiger partial charge in [-0.3, -0.25) is 4.79 Å². The molecule has 1 fully saturated rings. The maximum atomic E-state index is 12.8. The lowest BCUT2D eigenvalue weighted by molar-refractivity contribution is -0.152. The molecule has 0 saturated carbocycles. The van der Waals surface area contributed by atoms with Crippen molar-refractivity contribution in [1.82, 2.24) is 4.31 Å². The number of aromatic hydroxyl groups is 1. The Morgan fingerprint density at radius 1 is 1.12 bits per heavy atom. The number of ether oxygens (including phenoxy) is 2. The molecule has 1 amide bonds. The lowest BCUT2D eigenvalue weighted by Gasteiger charge is -2.17. The van der Waals surface area contributed by atoms with E-state index in [2.05, 4.69) is 10.1 Å². The van der Waals surface area contributed by atoms with E-state index in [4.69, 9.17) is 27.9 Å². The van der Waals surface area contributed by atoms with E-state index in [1.807, 2.05) is 0 Å². The Balaban J connectivity index is 1.84. The van der Waals surface area contributed by atoms with Crippen molar-refractivity contribution in [2.45, 2.75) is 24.7 Å². The predicted molar refractivity (Wildman–Crippen MR) is 118 cm³/mol. The van der Waals surface area contributed by atoms with Crippen LogP contribution in [0.25, 0.3) is 0 Å². The molecule has 172 valence electrons. The van der Waals surface area contributed by atoms with Crippen LogP contribution in [0.3, 0.4) is 0 Å². The van der Waals surface area contributed by atoms with E-state index >= 15 is 0 Å². The van der Waals surface area contributed by atoms with E-state index in [-0.39, 0.29) is 38.7 Å². The van der Waals surface area contributed by atoms with Crippen LogP contribution in [0.4, 0.5) is 5.69 Å². The molecule has 0 spiro atoms. The molecular weight excluding hydrogens is 483 g/mol. The van der Waals surface area contributed by atoms with E-state index in [0.29, 0.717) is 13.1 Å². The Morgan fingerprint density at radius 2 is 1.75 bits per heavy atom. The Bertz CT molecular complexity index is 1130. The van der Waals surface area contributed by atoms with Crippen molar-refractivity contribution in [3.05, 3.63) is 40.4 Å². The van der Waals surface area contributed by atoms with Gasteiger partial charge in [0.2, 0.25) is 10.0 Å². The SMILES string of the molecule is CCOC(=O)C(=O)Nc1cc(Cl)c(Oc2ccc(O)c(S(=O)(=O)N3CCCC3)c2)c(Cl)c1. The summed E-state index contributed by atoms with van der Waals surface area (Å²) >= 11 is 12.4. The summed E-state index contributed by atoms with van der Waals surface area (Å²) in [4.78, 5) is 23.0. The third-order valence-electron chi connectivity index (χ3n) is 4.55. The van der Waals surface area contributed by atoms with Crippen LogP contribution in [0.1, 0.15) is 19.8 Å². The summed E-state index contributed by atoms with van der Waals surface area (Å²) in [5, 5.41) is 12.4. The zero-order valence-corrected chi connectivity index (χ0v) is 19.3. The highest BCUT2D eigenvalue weighted by atomic mass is 35.5. The van der Waals surface area contributed by atoms with Gasteiger partial charge in [-0.15, -0.1) is 0 Å². The topological polar surface area (TPSA) is 122 Å². The van der Waals surface area contributed by atoms with Crippen LogP contribution in [-0.2, 0) is 24.3 Å². The molecule has 9 nitrogen and oxygen atoms in total. The first-order chi connectivity index (χ1) is 15.1. The third-order valence-corrected chi connectivity index (χ3v) is 7.04. The fraction of sp³-hybridized carbons (Fsp3) is 0.300. The lowest BCUT2D eigenvalue weighted by Crippen LogP contribution is -2.27. The van der Waals surface area contributed by atoms with Crippen molar-refractivity contribution >= 4 is 50.8 Å². The van der Waals surface area contributed by atoms with Crippen LogP contribution in [0.5, 0.6) is 17.2 Å². The maximum absolute atomic E-state index is 12.8. The molecule has 0 unspecified atom stereocenters. The molecule has 12 heteroatoms. The fourth-order valence-electron chi connectivity index (χ4n) is 3.06. The number of halogens is 2. The molecule has 0 aliphatic carbocycles. The highest BCUT2D eigenvalue weighted by Gasteiger charge is 2.30. The number of anilines is 1. The van der Waals surface area contributed by atoms with Gasteiger partial charge in [0.1, 0.15) is 16.4 Å². The molecule has 32 heavy (non-hydrogen) atoms. The van der Waals surface area contributed by atoms with E-state index < -0.39 is 27.6 Å². The van der Waals surface area contributed by atoms with Gasteiger partial charge in [-0.1, -0.05) is 23.2 Å². The molecule has 1 aliphatic heterocycles. The van der Waals surface area contributed by atoms with Crippen LogP contribution in [0.2, 0.25) is 10.0 Å². The molecule has 0 atom stereocenters. The van der Waals surface area contributed by atoms with Crippen molar-refractivity contribution in [3.63, 3.8) is 0 Å². The van der Waals surface area contributed by atoms with Crippen molar-refractivity contribution in [3.8, 4) is 17.2 Å². The first-order valence-corrected chi connectivity index (χ1v) is 11.8. The number of esters is 1. The molecule has 2 N–H and O–H groups in total. The van der Waals surface area contributed by atoms with Crippen LogP contribution < -0.4 is 10.1 Å². The first-order valence-electron chi connectivity index (χ1n) is 9.61. The summed E-state index contributed by atoms with van der Waals surface area (Å²) in [6.45, 7) is 2.37. The highest BCUT2D eigenvalue weighted by Crippen LogP contribution is 2.40. The first kappa shape index (κ1) is 24.1. The quantitative estimate of drug-likeness (QED) is 0.455. The maximum Gasteiger partial charge on any atom is 0.397 e. The third kappa shape index (κ3) is 5.26. The summed E-state index contributed by atoms with van der Waals surface area (Å²) in [5.41, 5.74) is 0.133. The molecule has 2 aromatic carbocycles. The number of nitrogens with zero attached hydrogens (tertiary/aromatic N) is 1. The minimum atomic E-state index is -3.89. The number of amides is 1. The second-order valence-electron chi connectivity index (χ2n) is 6.79. The molecule has 1 saturated heterocycles. The van der Waals surface area contributed by atoms with Crippen LogP contribution in [-0.4, -0.2) is 49.4 Å². The Kier molecular flexibility index (Phi) is 7.50. The van der Waals surface area contributed by atoms with Gasteiger partial charge in [-0.25, -0.2) is 13.2 Å². The van der Waals surface area contributed by atoms with Crippen LogP contribution in [0.15, 0.2) is 35.2 Å². The van der Waals surface area contributed by atoms with Gasteiger partial charge in [-0.05, 0) is 44.0 Å². The Hall–Kier alpha value is -2.53. The number of carbonyl (C=O) groups excluding carboxylic acids is 2. The van der Waals surface area contributed by atoms with E-state index in [9.17, 15) is 23.1 Å². The van der Waals surface area contributed by atoms with Crippen LogP contribution in [0, 0.1) is 0 Å². The van der Waals surface area contributed by atoms with Crippen molar-refractivity contribution in [2.75, 3.05) is 25.0 Å². The van der Waals surface area contributed by atoms with Gasteiger partial charge in [0, 0.05) is 24.8 Å². The number of carbonyl (C=O) groups is 2. The fourth-order valence-corrected chi connectivity index (χ4v) is 5.24. The Morgan fingerprint density at radius 3 is 2.34 bits per heavy atom. The lowest BCUT2D eigenvalue weighted by atomic mass is 10.2. The predicted octanol–water partition coefficient (Wildman–Crippen LogP) is 3.78. The number of benzene rings is 2. The Labute approximate surface area is 194 Å². The van der Waals surface area contributed by atoms with Crippen molar-refractivity contribution in [1.29, 1.82) is 0 Å². The molecule has 0 radical (unpaired) electrons. The minimum Gasteiger partial charge on any atom is -0.507 e. The molecular formula is C20H20Cl2N2O7S. The van der Waals surface area contributed by atoms with Crippen LogP contribution >= 0.6 is 23.2 Å². The number of phenols is 1. The summed E-state index contributed by atoms with van der Waals surface area (Å²) in [6.07, 6.45) is 1.50. The van der Waals surface area contributed by atoms with E-state index in [1.54, 1.807) is 6.92 Å². The standard InChI is InChI=1S/C20H20Cl2N2O7S/c1-2-30-20(27)19(26)23-12-9-14(21)18(15(22)10-12)31-13-5-6-16(25)17(11-13)32(28,29)24-7-3-4-8-24/h5-6,9-11,25H,2-4,7-8H2,1H3,(H,23,26). The average molecular weight is 503 g/mol.